The number of nitrogens with one attached hydrogen (secondary N) is 2. The zero-order chi connectivity index (χ0) is 14.4. The van der Waals surface area contributed by atoms with Gasteiger partial charge in [0.2, 0.25) is 11.8 Å². The maximum absolute atomic E-state index is 12.0. The predicted octanol–water partition coefficient (Wildman–Crippen LogP) is 2.62. The van der Waals surface area contributed by atoms with Crippen LogP contribution in [-0.2, 0) is 16.1 Å². The zero-order valence-corrected chi connectivity index (χ0v) is 11.7. The lowest BCUT2D eigenvalue weighted by molar-refractivity contribution is -0.125. The van der Waals surface area contributed by atoms with E-state index >= 15 is 0 Å². The van der Waals surface area contributed by atoms with Crippen LogP contribution in [0.1, 0.15) is 31.7 Å². The van der Waals surface area contributed by atoms with Crippen LogP contribution < -0.4 is 10.6 Å². The van der Waals surface area contributed by atoms with E-state index in [1.165, 1.54) is 6.92 Å². The van der Waals surface area contributed by atoms with Gasteiger partial charge >= 0.3 is 0 Å². The Morgan fingerprint density at radius 2 is 1.95 bits per heavy atom. The van der Waals surface area contributed by atoms with Gasteiger partial charge in [-0.1, -0.05) is 24.3 Å². The number of carbonyl (C=O) groups is 2. The van der Waals surface area contributed by atoms with Gasteiger partial charge in [0.1, 0.15) is 0 Å². The van der Waals surface area contributed by atoms with E-state index in [0.717, 1.165) is 30.5 Å². The predicted molar refractivity (Wildman–Crippen MR) is 79.1 cm³/mol. The molecule has 106 valence electrons. The number of hydrogen-bond acceptors (Lipinski definition) is 2. The second kappa shape index (κ2) is 6.89. The first-order chi connectivity index (χ1) is 9.65. The molecule has 1 aromatic rings. The quantitative estimate of drug-likeness (QED) is 0.828. The van der Waals surface area contributed by atoms with Gasteiger partial charge in [-0.05, 0) is 37.0 Å². The van der Waals surface area contributed by atoms with Crippen LogP contribution in [0.15, 0.2) is 36.4 Å². The maximum Gasteiger partial charge on any atom is 0.223 e. The highest BCUT2D eigenvalue weighted by Crippen LogP contribution is 2.18. The van der Waals surface area contributed by atoms with Gasteiger partial charge in [-0.2, -0.15) is 0 Å². The van der Waals surface area contributed by atoms with Crippen LogP contribution in [0.2, 0.25) is 0 Å². The second-order valence-corrected chi connectivity index (χ2v) is 5.08. The Bertz CT molecular complexity index is 506. The van der Waals surface area contributed by atoms with Crippen LogP contribution in [-0.4, -0.2) is 11.8 Å². The molecule has 2 amide bonds. The Morgan fingerprint density at radius 1 is 1.20 bits per heavy atom. The van der Waals surface area contributed by atoms with E-state index in [-0.39, 0.29) is 17.7 Å². The lowest BCUT2D eigenvalue weighted by Crippen LogP contribution is -2.30. The van der Waals surface area contributed by atoms with Crippen molar-refractivity contribution < 1.29 is 9.59 Å². The number of allylic oxidation sites excluding steroid dienone is 2. The number of anilines is 1. The normalized spacial score (nSPS) is 17.6. The molecule has 4 heteroatoms. The first-order valence-electron chi connectivity index (χ1n) is 6.94. The van der Waals surface area contributed by atoms with Crippen molar-refractivity contribution in [3.63, 3.8) is 0 Å². The smallest absolute Gasteiger partial charge is 0.223 e. The number of amides is 2. The van der Waals surface area contributed by atoms with Crippen LogP contribution in [0.4, 0.5) is 5.69 Å². The first kappa shape index (κ1) is 14.3. The lowest BCUT2D eigenvalue weighted by atomic mass is 9.93. The van der Waals surface area contributed by atoms with E-state index in [1.54, 1.807) is 0 Å². The molecule has 1 atom stereocenters. The fourth-order valence-electron chi connectivity index (χ4n) is 2.27. The van der Waals surface area contributed by atoms with Gasteiger partial charge in [-0.15, -0.1) is 0 Å². The largest absolute Gasteiger partial charge is 0.352 e. The van der Waals surface area contributed by atoms with Crippen LogP contribution in [0.5, 0.6) is 0 Å². The standard InChI is InChI=1S/C16H20N2O2/c1-12(19)18-15-9-7-13(8-10-15)11-17-16(20)14-5-3-2-4-6-14/h2-3,7-10,14H,4-6,11H2,1H3,(H,17,20)(H,18,19). The lowest BCUT2D eigenvalue weighted by Gasteiger charge is -2.17. The van der Waals surface area contributed by atoms with E-state index in [4.69, 9.17) is 0 Å². The summed E-state index contributed by atoms with van der Waals surface area (Å²) in [5, 5.41) is 5.68. The molecule has 0 spiro atoms. The van der Waals surface area contributed by atoms with Gasteiger partial charge < -0.3 is 10.6 Å². The summed E-state index contributed by atoms with van der Waals surface area (Å²) in [5.74, 6) is 0.148. The molecule has 1 aliphatic carbocycles. The third-order valence-corrected chi connectivity index (χ3v) is 3.38. The van der Waals surface area contributed by atoms with Crippen LogP contribution in [0.3, 0.4) is 0 Å². The van der Waals surface area contributed by atoms with Gasteiger partial charge in [-0.25, -0.2) is 0 Å². The molecule has 0 heterocycles. The highest BCUT2D eigenvalue weighted by molar-refractivity contribution is 5.88. The molecule has 20 heavy (non-hydrogen) atoms. The number of carbonyl (C=O) groups excluding carboxylic acids is 2. The third-order valence-electron chi connectivity index (χ3n) is 3.38. The molecule has 1 unspecified atom stereocenters. The molecule has 1 aliphatic rings. The summed E-state index contributed by atoms with van der Waals surface area (Å²) >= 11 is 0. The molecule has 0 fully saturated rings. The van der Waals surface area contributed by atoms with E-state index in [0.29, 0.717) is 6.54 Å². The summed E-state index contributed by atoms with van der Waals surface area (Å²) in [6.07, 6.45) is 6.97. The Balaban J connectivity index is 1.82. The van der Waals surface area contributed by atoms with Gasteiger partial charge in [0.25, 0.3) is 0 Å². The summed E-state index contributed by atoms with van der Waals surface area (Å²) in [6.45, 7) is 2.01. The molecule has 0 aromatic heterocycles. The Morgan fingerprint density at radius 3 is 2.55 bits per heavy atom. The molecule has 2 N–H and O–H groups in total. The van der Waals surface area contributed by atoms with Crippen molar-refractivity contribution in [2.45, 2.75) is 32.7 Å². The number of rotatable bonds is 4. The SMILES string of the molecule is CC(=O)Nc1ccc(CNC(=O)C2CC=CCC2)cc1. The summed E-state index contributed by atoms with van der Waals surface area (Å²) in [5.41, 5.74) is 1.80. The molecule has 0 saturated heterocycles. The third kappa shape index (κ3) is 4.23. The van der Waals surface area contributed by atoms with E-state index in [2.05, 4.69) is 22.8 Å². The molecule has 0 radical (unpaired) electrons. The van der Waals surface area contributed by atoms with Crippen molar-refractivity contribution in [3.8, 4) is 0 Å². The zero-order valence-electron chi connectivity index (χ0n) is 11.7. The minimum atomic E-state index is -0.0867. The number of benzene rings is 1. The van der Waals surface area contributed by atoms with Gasteiger partial charge in [-0.3, -0.25) is 9.59 Å². The summed E-state index contributed by atoms with van der Waals surface area (Å²) in [4.78, 5) is 22.9. The van der Waals surface area contributed by atoms with Crippen molar-refractivity contribution in [1.82, 2.24) is 5.32 Å². The minimum absolute atomic E-state index is 0.0867. The summed E-state index contributed by atoms with van der Waals surface area (Å²) in [6, 6.07) is 7.50. The molecule has 1 aromatic carbocycles. The van der Waals surface area contributed by atoms with Gasteiger partial charge in [0, 0.05) is 25.1 Å². The molecule has 2 rings (SSSR count). The Kier molecular flexibility index (Phi) is 4.93. The van der Waals surface area contributed by atoms with Crippen molar-refractivity contribution in [1.29, 1.82) is 0 Å². The highest BCUT2D eigenvalue weighted by Gasteiger charge is 2.17. The highest BCUT2D eigenvalue weighted by atomic mass is 16.2. The maximum atomic E-state index is 12.0. The molecule has 0 bridgehead atoms. The van der Waals surface area contributed by atoms with E-state index < -0.39 is 0 Å². The van der Waals surface area contributed by atoms with E-state index in [9.17, 15) is 9.59 Å². The van der Waals surface area contributed by atoms with Crippen molar-refractivity contribution in [2.75, 3.05) is 5.32 Å². The Hall–Kier alpha value is -2.10. The van der Waals surface area contributed by atoms with Crippen molar-refractivity contribution >= 4 is 17.5 Å². The number of hydrogen-bond donors (Lipinski definition) is 2. The minimum Gasteiger partial charge on any atom is -0.352 e. The second-order valence-electron chi connectivity index (χ2n) is 5.08. The molecule has 0 aliphatic heterocycles. The van der Waals surface area contributed by atoms with Crippen LogP contribution in [0, 0.1) is 5.92 Å². The van der Waals surface area contributed by atoms with E-state index in [1.807, 2.05) is 24.3 Å². The first-order valence-corrected chi connectivity index (χ1v) is 6.94. The average molecular weight is 272 g/mol. The van der Waals surface area contributed by atoms with Gasteiger partial charge in [0.15, 0.2) is 0 Å². The molecule has 0 saturated carbocycles. The molecular formula is C16H20N2O2. The van der Waals surface area contributed by atoms with Gasteiger partial charge in [0.05, 0.1) is 0 Å². The van der Waals surface area contributed by atoms with Crippen molar-refractivity contribution in [2.24, 2.45) is 5.92 Å². The fourth-order valence-corrected chi connectivity index (χ4v) is 2.27. The molecule has 4 nitrogen and oxygen atoms in total. The van der Waals surface area contributed by atoms with Crippen molar-refractivity contribution in [3.05, 3.63) is 42.0 Å². The fraction of sp³-hybridized carbons (Fsp3) is 0.375. The summed E-state index contributed by atoms with van der Waals surface area (Å²) < 4.78 is 0. The van der Waals surface area contributed by atoms with Crippen LogP contribution in [0.25, 0.3) is 0 Å². The summed E-state index contributed by atoms with van der Waals surface area (Å²) in [7, 11) is 0. The Labute approximate surface area is 119 Å². The monoisotopic (exact) mass is 272 g/mol. The molecular weight excluding hydrogens is 252 g/mol. The van der Waals surface area contributed by atoms with Crippen LogP contribution >= 0.6 is 0 Å². The topological polar surface area (TPSA) is 58.2 Å². The average Bonchev–Trinajstić information content (AvgIpc) is 2.46.